The van der Waals surface area contributed by atoms with Crippen LogP contribution in [0.5, 0.6) is 17.2 Å². The molecule has 214 valence electrons. The summed E-state index contributed by atoms with van der Waals surface area (Å²) >= 11 is -2.28. The number of aryl methyl sites for hydroxylation is 1. The summed E-state index contributed by atoms with van der Waals surface area (Å²) in [4.78, 5) is 12.5. The normalized spacial score (nSPS) is 14.6. The van der Waals surface area contributed by atoms with Crippen molar-refractivity contribution < 1.29 is 27.0 Å². The van der Waals surface area contributed by atoms with Crippen molar-refractivity contribution in [3.63, 3.8) is 0 Å². The Bertz CT molecular complexity index is 1630. The predicted octanol–water partition coefficient (Wildman–Crippen LogP) is 6.46. The molecule has 0 radical (unpaired) electrons. The molecule has 1 fully saturated rings. The monoisotopic (exact) mass is 580 g/mol. The van der Waals surface area contributed by atoms with Gasteiger partial charge in [0.05, 0.1) is 12.6 Å². The molecule has 2 atom stereocenters. The van der Waals surface area contributed by atoms with Crippen LogP contribution < -0.4 is 15.0 Å². The number of rotatable bonds is 11. The van der Waals surface area contributed by atoms with Crippen molar-refractivity contribution in [1.29, 1.82) is 0 Å². The second-order valence-electron chi connectivity index (χ2n) is 9.95. The third kappa shape index (κ3) is 6.56. The Labute approximate surface area is 239 Å². The van der Waals surface area contributed by atoms with Gasteiger partial charge in [0.2, 0.25) is 11.3 Å². The molecule has 0 spiro atoms. The minimum absolute atomic E-state index is 0.186. The molecule has 1 N–H and O–H groups in total. The Balaban J connectivity index is 1.71. The van der Waals surface area contributed by atoms with Gasteiger partial charge in [-0.25, -0.2) is 13.0 Å². The summed E-state index contributed by atoms with van der Waals surface area (Å²) in [7, 11) is 1.60. The van der Waals surface area contributed by atoms with Gasteiger partial charge in [-0.3, -0.25) is 9.35 Å². The fourth-order valence-corrected chi connectivity index (χ4v) is 5.52. The Hall–Kier alpha value is -3.86. The zero-order valence-electron chi connectivity index (χ0n) is 22.6. The molecule has 1 saturated carbocycles. The van der Waals surface area contributed by atoms with Gasteiger partial charge in [-0.15, -0.1) is 0 Å². The van der Waals surface area contributed by atoms with E-state index in [0.717, 1.165) is 30.5 Å². The van der Waals surface area contributed by atoms with Crippen molar-refractivity contribution >= 4 is 11.3 Å². The fraction of sp³-hybridized carbons (Fsp3) is 0.258. The summed E-state index contributed by atoms with van der Waals surface area (Å²) in [6.45, 7) is 2.51. The van der Waals surface area contributed by atoms with E-state index < -0.39 is 28.9 Å². The lowest BCUT2D eigenvalue weighted by Gasteiger charge is -2.30. The first kappa shape index (κ1) is 28.7. The van der Waals surface area contributed by atoms with Gasteiger partial charge < -0.3 is 14.0 Å². The van der Waals surface area contributed by atoms with Gasteiger partial charge in [0.1, 0.15) is 17.3 Å². The summed E-state index contributed by atoms with van der Waals surface area (Å²) in [6, 6.07) is 18.4. The average molecular weight is 581 g/mol. The van der Waals surface area contributed by atoms with E-state index in [1.165, 1.54) is 16.7 Å². The second-order valence-corrected chi connectivity index (χ2v) is 10.9. The number of hydrogen-bond donors (Lipinski definition) is 1. The summed E-state index contributed by atoms with van der Waals surface area (Å²) in [6.07, 6.45) is 3.59. The molecule has 1 aliphatic carbocycles. The minimum Gasteiger partial charge on any atom is -0.493 e. The van der Waals surface area contributed by atoms with Crippen LogP contribution in [0.2, 0.25) is 0 Å². The number of nitrogens with zero attached hydrogens (tertiary/aromatic N) is 2. The molecule has 0 bridgehead atoms. The standard InChI is InChI=1S/C31H30F2N2O5S/c1-3-39-29-17-30(36)34(2)19-25(29)24-15-22(11-13-27(24)40-28-14-12-23(32)16-26(28)33)31(21-7-5-4-6-8-21)35(41(37)38)18-20-9-10-20/h4-8,11-17,19-20,31H,3,9-10,18H2,1-2H3,(H,37,38). The van der Waals surface area contributed by atoms with E-state index >= 15 is 0 Å². The predicted molar refractivity (Wildman–Crippen MR) is 153 cm³/mol. The molecule has 0 amide bonds. The van der Waals surface area contributed by atoms with E-state index in [1.54, 1.807) is 42.7 Å². The van der Waals surface area contributed by atoms with Crippen LogP contribution in [0.4, 0.5) is 8.78 Å². The molecular weight excluding hydrogens is 550 g/mol. The van der Waals surface area contributed by atoms with Crippen LogP contribution in [-0.2, 0) is 18.3 Å². The van der Waals surface area contributed by atoms with E-state index in [1.807, 2.05) is 30.3 Å². The molecule has 1 heterocycles. The van der Waals surface area contributed by atoms with Crippen molar-refractivity contribution in [3.05, 3.63) is 112 Å². The molecule has 2 unspecified atom stereocenters. The molecule has 7 nitrogen and oxygen atoms in total. The van der Waals surface area contributed by atoms with E-state index in [0.29, 0.717) is 34.9 Å². The summed E-state index contributed by atoms with van der Waals surface area (Å²) in [5.41, 5.74) is 2.16. The molecule has 0 saturated heterocycles. The van der Waals surface area contributed by atoms with Crippen LogP contribution in [0.3, 0.4) is 0 Å². The van der Waals surface area contributed by atoms with Crippen LogP contribution in [0.1, 0.15) is 36.9 Å². The summed E-state index contributed by atoms with van der Waals surface area (Å²) in [5, 5.41) is 0. The third-order valence-corrected chi connectivity index (χ3v) is 7.71. The molecule has 3 aromatic carbocycles. The highest BCUT2D eigenvalue weighted by atomic mass is 32.2. The quantitative estimate of drug-likeness (QED) is 0.206. The molecule has 4 aromatic rings. The molecule has 1 aromatic heterocycles. The minimum atomic E-state index is -2.28. The molecule has 1 aliphatic rings. The maximum absolute atomic E-state index is 14.6. The molecular formula is C31H30F2N2O5S. The van der Waals surface area contributed by atoms with Gasteiger partial charge in [0.15, 0.2) is 11.6 Å². The number of halogens is 2. The van der Waals surface area contributed by atoms with E-state index in [2.05, 4.69) is 0 Å². The molecule has 10 heteroatoms. The lowest BCUT2D eigenvalue weighted by molar-refractivity contribution is 0.337. The van der Waals surface area contributed by atoms with Crippen LogP contribution >= 0.6 is 0 Å². The largest absolute Gasteiger partial charge is 0.493 e. The Kier molecular flexibility index (Phi) is 8.63. The highest BCUT2D eigenvalue weighted by Crippen LogP contribution is 2.43. The van der Waals surface area contributed by atoms with Crippen LogP contribution in [-0.4, -0.2) is 30.8 Å². The first-order valence-electron chi connectivity index (χ1n) is 13.3. The van der Waals surface area contributed by atoms with Crippen LogP contribution in [0.25, 0.3) is 11.1 Å². The Morgan fingerprint density at radius 2 is 1.71 bits per heavy atom. The number of aromatic nitrogens is 1. The van der Waals surface area contributed by atoms with E-state index in [-0.39, 0.29) is 23.7 Å². The fourth-order valence-electron chi connectivity index (χ4n) is 4.76. The number of benzene rings is 3. The van der Waals surface area contributed by atoms with Crippen molar-refractivity contribution in [2.45, 2.75) is 25.8 Å². The van der Waals surface area contributed by atoms with Crippen LogP contribution in [0, 0.1) is 17.6 Å². The molecule has 41 heavy (non-hydrogen) atoms. The number of pyridine rings is 1. The summed E-state index contributed by atoms with van der Waals surface area (Å²) in [5.74, 6) is -0.943. The maximum atomic E-state index is 14.6. The Morgan fingerprint density at radius 1 is 0.976 bits per heavy atom. The lowest BCUT2D eigenvalue weighted by Crippen LogP contribution is -2.33. The first-order valence-corrected chi connectivity index (χ1v) is 14.3. The third-order valence-electron chi connectivity index (χ3n) is 6.95. The smallest absolute Gasteiger partial charge is 0.254 e. The van der Waals surface area contributed by atoms with Crippen LogP contribution in [0.15, 0.2) is 83.8 Å². The number of ether oxygens (including phenoxy) is 2. The second kappa shape index (κ2) is 12.3. The first-order chi connectivity index (χ1) is 19.7. The molecule has 0 aliphatic heterocycles. The highest BCUT2D eigenvalue weighted by Gasteiger charge is 2.33. The van der Waals surface area contributed by atoms with Gasteiger partial charge >= 0.3 is 0 Å². The number of hydrogen-bond acceptors (Lipinski definition) is 4. The zero-order valence-corrected chi connectivity index (χ0v) is 23.4. The molecule has 5 rings (SSSR count). The van der Waals surface area contributed by atoms with E-state index in [4.69, 9.17) is 9.47 Å². The zero-order chi connectivity index (χ0) is 29.1. The van der Waals surface area contributed by atoms with Crippen molar-refractivity contribution in [2.24, 2.45) is 13.0 Å². The Morgan fingerprint density at radius 3 is 2.37 bits per heavy atom. The topological polar surface area (TPSA) is 81.0 Å². The van der Waals surface area contributed by atoms with Gasteiger partial charge in [0, 0.05) is 43.0 Å². The van der Waals surface area contributed by atoms with E-state index in [9.17, 15) is 22.3 Å². The summed E-state index contributed by atoms with van der Waals surface area (Å²) < 4.78 is 66.0. The van der Waals surface area contributed by atoms with Crippen molar-refractivity contribution in [2.75, 3.05) is 13.2 Å². The van der Waals surface area contributed by atoms with Gasteiger partial charge in [0.25, 0.3) is 5.56 Å². The van der Waals surface area contributed by atoms with Gasteiger partial charge in [-0.2, -0.15) is 4.31 Å². The van der Waals surface area contributed by atoms with Gasteiger partial charge in [-0.05, 0) is 61.1 Å². The van der Waals surface area contributed by atoms with Crippen molar-refractivity contribution in [1.82, 2.24) is 8.87 Å². The van der Waals surface area contributed by atoms with Crippen molar-refractivity contribution in [3.8, 4) is 28.4 Å². The maximum Gasteiger partial charge on any atom is 0.254 e. The average Bonchev–Trinajstić information content (AvgIpc) is 3.77. The SMILES string of the molecule is CCOc1cc(=O)n(C)cc1-c1cc(C(c2ccccc2)N(CC2CC2)S(=O)O)ccc1Oc1ccc(F)cc1F. The lowest BCUT2D eigenvalue weighted by atomic mass is 9.94. The van der Waals surface area contributed by atoms with Gasteiger partial charge in [-0.1, -0.05) is 36.4 Å². The highest BCUT2D eigenvalue weighted by molar-refractivity contribution is 7.76.